The summed E-state index contributed by atoms with van der Waals surface area (Å²) in [5, 5.41) is 13.4. The Morgan fingerprint density at radius 3 is 2.72 bits per heavy atom. The van der Waals surface area contributed by atoms with Gasteiger partial charge in [0, 0.05) is 18.6 Å². The van der Waals surface area contributed by atoms with E-state index < -0.39 is 0 Å². The minimum atomic E-state index is 0.135. The Balaban J connectivity index is 2.63. The third kappa shape index (κ3) is 4.55. The van der Waals surface area contributed by atoms with Crippen molar-refractivity contribution in [2.24, 2.45) is 5.73 Å². The maximum Gasteiger partial charge on any atom is 0.161 e. The van der Waals surface area contributed by atoms with Crippen LogP contribution in [0.5, 0.6) is 11.5 Å². The molecule has 0 saturated carbocycles. The molecule has 0 aliphatic carbocycles. The molecule has 0 bridgehead atoms. The largest absolute Gasteiger partial charge is 0.504 e. The van der Waals surface area contributed by atoms with Gasteiger partial charge in [-0.25, -0.2) is 0 Å². The topological polar surface area (TPSA) is 67.5 Å². The number of para-hydroxylation sites is 1. The van der Waals surface area contributed by atoms with Gasteiger partial charge in [0.25, 0.3) is 0 Å². The summed E-state index contributed by atoms with van der Waals surface area (Å²) in [5.74, 6) is 0.795. The molecule has 1 rings (SSSR count). The zero-order valence-electron chi connectivity index (χ0n) is 11.4. The average molecular weight is 252 g/mol. The first-order valence-corrected chi connectivity index (χ1v) is 6.47. The zero-order valence-corrected chi connectivity index (χ0v) is 11.4. The van der Waals surface area contributed by atoms with Crippen LogP contribution in [0.1, 0.15) is 26.3 Å². The van der Waals surface area contributed by atoms with Crippen LogP contribution < -0.4 is 15.8 Å². The number of nitrogens with one attached hydrogen (secondary N) is 1. The fourth-order valence-electron chi connectivity index (χ4n) is 1.79. The van der Waals surface area contributed by atoms with Crippen LogP contribution in [0.15, 0.2) is 18.2 Å². The average Bonchev–Trinajstić information content (AvgIpc) is 2.32. The molecule has 2 unspecified atom stereocenters. The van der Waals surface area contributed by atoms with E-state index in [1.165, 1.54) is 0 Å². The molecule has 4 N–H and O–H groups in total. The van der Waals surface area contributed by atoms with Gasteiger partial charge in [-0.05, 0) is 38.8 Å². The van der Waals surface area contributed by atoms with Gasteiger partial charge in [-0.2, -0.15) is 0 Å². The van der Waals surface area contributed by atoms with Crippen LogP contribution in [-0.4, -0.2) is 30.3 Å². The fraction of sp³-hybridized carbons (Fsp3) is 0.571. The van der Waals surface area contributed by atoms with Crippen LogP contribution in [0, 0.1) is 0 Å². The van der Waals surface area contributed by atoms with Crippen LogP contribution in [0.25, 0.3) is 0 Å². The maximum absolute atomic E-state index is 10.1. The zero-order chi connectivity index (χ0) is 13.5. The molecule has 4 heteroatoms. The number of aromatic hydroxyl groups is 1. The lowest BCUT2D eigenvalue weighted by molar-refractivity contribution is 0.316. The molecular formula is C14H24N2O2. The summed E-state index contributed by atoms with van der Waals surface area (Å²) in [6.07, 6.45) is 0.749. The van der Waals surface area contributed by atoms with Crippen molar-refractivity contribution in [1.29, 1.82) is 0 Å². The van der Waals surface area contributed by atoms with Crippen LogP contribution in [0.3, 0.4) is 0 Å². The van der Waals surface area contributed by atoms with Crippen LogP contribution in [-0.2, 0) is 6.42 Å². The van der Waals surface area contributed by atoms with Gasteiger partial charge >= 0.3 is 0 Å². The van der Waals surface area contributed by atoms with Crippen LogP contribution in [0.2, 0.25) is 0 Å². The van der Waals surface area contributed by atoms with Gasteiger partial charge in [-0.15, -0.1) is 0 Å². The summed E-state index contributed by atoms with van der Waals surface area (Å²) in [7, 11) is 0. The molecule has 0 spiro atoms. The molecule has 0 aliphatic rings. The molecule has 1 aromatic rings. The van der Waals surface area contributed by atoms with E-state index in [2.05, 4.69) is 12.2 Å². The number of phenolic OH excluding ortho intramolecular Hbond substituents is 1. The molecule has 0 radical (unpaired) electrons. The van der Waals surface area contributed by atoms with E-state index in [-0.39, 0.29) is 17.8 Å². The van der Waals surface area contributed by atoms with Crippen molar-refractivity contribution in [2.45, 2.75) is 39.3 Å². The lowest BCUT2D eigenvalue weighted by Gasteiger charge is -2.17. The molecule has 2 atom stereocenters. The van der Waals surface area contributed by atoms with E-state index in [4.69, 9.17) is 10.5 Å². The van der Waals surface area contributed by atoms with Crippen molar-refractivity contribution >= 4 is 0 Å². The Hall–Kier alpha value is -1.26. The van der Waals surface area contributed by atoms with Crippen LogP contribution in [0.4, 0.5) is 0 Å². The van der Waals surface area contributed by atoms with Crippen molar-refractivity contribution in [2.75, 3.05) is 13.2 Å². The van der Waals surface area contributed by atoms with Gasteiger partial charge in [0.1, 0.15) is 0 Å². The van der Waals surface area contributed by atoms with Gasteiger partial charge < -0.3 is 20.9 Å². The number of hydrogen-bond donors (Lipinski definition) is 3. The summed E-state index contributed by atoms with van der Waals surface area (Å²) in [6.45, 7) is 7.27. The molecule has 1 aromatic carbocycles. The quantitative estimate of drug-likeness (QED) is 0.690. The first-order chi connectivity index (χ1) is 8.54. The van der Waals surface area contributed by atoms with Crippen molar-refractivity contribution in [3.8, 4) is 11.5 Å². The summed E-state index contributed by atoms with van der Waals surface area (Å²) < 4.78 is 5.37. The van der Waals surface area contributed by atoms with E-state index in [9.17, 15) is 5.11 Å². The smallest absolute Gasteiger partial charge is 0.161 e. The van der Waals surface area contributed by atoms with Crippen LogP contribution >= 0.6 is 0 Å². The predicted molar refractivity (Wildman–Crippen MR) is 74.1 cm³/mol. The Kier molecular flexibility index (Phi) is 5.95. The lowest BCUT2D eigenvalue weighted by Crippen LogP contribution is -2.37. The van der Waals surface area contributed by atoms with Crippen molar-refractivity contribution in [3.05, 3.63) is 23.8 Å². The predicted octanol–water partition coefficient (Wildman–Crippen LogP) is 1.66. The van der Waals surface area contributed by atoms with E-state index in [1.54, 1.807) is 6.07 Å². The highest BCUT2D eigenvalue weighted by atomic mass is 16.5. The first-order valence-electron chi connectivity index (χ1n) is 6.47. The molecule has 0 amide bonds. The fourth-order valence-corrected chi connectivity index (χ4v) is 1.79. The summed E-state index contributed by atoms with van der Waals surface area (Å²) >= 11 is 0. The third-order valence-corrected chi connectivity index (χ3v) is 2.70. The van der Waals surface area contributed by atoms with E-state index in [0.29, 0.717) is 12.4 Å². The molecule has 0 heterocycles. The number of phenols is 1. The molecule has 0 aromatic heterocycles. The number of benzene rings is 1. The highest BCUT2D eigenvalue weighted by Gasteiger charge is 2.11. The minimum Gasteiger partial charge on any atom is -0.504 e. The number of ether oxygens (including phenoxy) is 1. The molecule has 0 saturated heterocycles. The van der Waals surface area contributed by atoms with Gasteiger partial charge in [-0.1, -0.05) is 12.1 Å². The van der Waals surface area contributed by atoms with Gasteiger partial charge in [0.05, 0.1) is 6.61 Å². The highest BCUT2D eigenvalue weighted by Crippen LogP contribution is 2.30. The number of nitrogens with two attached hydrogens (primary N) is 1. The summed E-state index contributed by atoms with van der Waals surface area (Å²) in [6, 6.07) is 6.00. The van der Waals surface area contributed by atoms with Gasteiger partial charge in [-0.3, -0.25) is 0 Å². The minimum absolute atomic E-state index is 0.135. The Labute approximate surface area is 109 Å². The normalized spacial score (nSPS) is 14.2. The third-order valence-electron chi connectivity index (χ3n) is 2.70. The molecule has 18 heavy (non-hydrogen) atoms. The molecular weight excluding hydrogens is 228 g/mol. The molecule has 4 nitrogen and oxygen atoms in total. The molecule has 102 valence electrons. The second-order valence-electron chi connectivity index (χ2n) is 4.69. The monoisotopic (exact) mass is 252 g/mol. The summed E-state index contributed by atoms with van der Waals surface area (Å²) in [4.78, 5) is 0. The Bertz CT molecular complexity index is 367. The first kappa shape index (κ1) is 14.8. The highest BCUT2D eigenvalue weighted by molar-refractivity contribution is 5.45. The Morgan fingerprint density at radius 2 is 2.11 bits per heavy atom. The summed E-state index contributed by atoms with van der Waals surface area (Å²) in [5.41, 5.74) is 6.59. The van der Waals surface area contributed by atoms with Crippen molar-refractivity contribution in [3.63, 3.8) is 0 Å². The lowest BCUT2D eigenvalue weighted by atomic mass is 10.1. The molecule has 0 aliphatic heterocycles. The number of hydrogen-bond acceptors (Lipinski definition) is 4. The van der Waals surface area contributed by atoms with E-state index in [1.807, 2.05) is 26.0 Å². The maximum atomic E-state index is 10.1. The second-order valence-corrected chi connectivity index (χ2v) is 4.69. The number of rotatable bonds is 7. The SMILES string of the molecule is CCOc1cccc(CC(C)NCC(C)N)c1O. The standard InChI is InChI=1S/C14H24N2O2/c1-4-18-13-7-5-6-12(14(13)17)8-11(3)16-9-10(2)15/h5-7,10-11,16-17H,4,8-9,15H2,1-3H3. The Morgan fingerprint density at radius 1 is 1.39 bits per heavy atom. The van der Waals surface area contributed by atoms with Crippen molar-refractivity contribution in [1.82, 2.24) is 5.32 Å². The molecule has 0 fully saturated rings. The van der Waals surface area contributed by atoms with Gasteiger partial charge in [0.15, 0.2) is 11.5 Å². The van der Waals surface area contributed by atoms with Gasteiger partial charge in [0.2, 0.25) is 0 Å². The second kappa shape index (κ2) is 7.24. The van der Waals surface area contributed by atoms with E-state index >= 15 is 0 Å². The van der Waals surface area contributed by atoms with Crippen molar-refractivity contribution < 1.29 is 9.84 Å². The van der Waals surface area contributed by atoms with E-state index in [0.717, 1.165) is 18.5 Å².